The quantitative estimate of drug-likeness (QED) is 0.436. The molecule has 8 heteroatoms. The standard InChI is InChI=1S/C19H25F3N4O/c1-12(15-4-2-3-5-16(15)23)26-18(27)17(24)11-25-10-13-6-8-14(9-7-13)19(20,21)22/h2-3,5-6,8-9,11,13,15,18,25-27H,1,4,7,10,23-24H2/b17-11+. The summed E-state index contributed by atoms with van der Waals surface area (Å²) in [5.41, 5.74) is 12.5. The lowest BCUT2D eigenvalue weighted by atomic mass is 9.94. The third kappa shape index (κ3) is 5.96. The minimum Gasteiger partial charge on any atom is -0.401 e. The Labute approximate surface area is 156 Å². The fourth-order valence-electron chi connectivity index (χ4n) is 2.78. The Hall–Kier alpha value is -2.61. The van der Waals surface area contributed by atoms with Gasteiger partial charge in [0.2, 0.25) is 0 Å². The Kier molecular flexibility index (Phi) is 6.79. The Morgan fingerprint density at radius 3 is 2.74 bits per heavy atom. The van der Waals surface area contributed by atoms with Gasteiger partial charge in [-0.05, 0) is 24.8 Å². The zero-order chi connectivity index (χ0) is 20.0. The number of hydrogen-bond donors (Lipinski definition) is 5. The van der Waals surface area contributed by atoms with E-state index in [9.17, 15) is 18.3 Å². The van der Waals surface area contributed by atoms with E-state index in [1.807, 2.05) is 12.2 Å². The van der Waals surface area contributed by atoms with Crippen LogP contribution in [-0.2, 0) is 0 Å². The van der Waals surface area contributed by atoms with Crippen molar-refractivity contribution in [1.29, 1.82) is 0 Å². The van der Waals surface area contributed by atoms with Gasteiger partial charge in [-0.25, -0.2) is 0 Å². The second-order valence-corrected chi connectivity index (χ2v) is 6.52. The van der Waals surface area contributed by atoms with Gasteiger partial charge in [0.25, 0.3) is 0 Å². The predicted molar refractivity (Wildman–Crippen MR) is 99.5 cm³/mol. The maximum atomic E-state index is 12.6. The average molecular weight is 382 g/mol. The summed E-state index contributed by atoms with van der Waals surface area (Å²) in [4.78, 5) is 0. The first-order chi connectivity index (χ1) is 12.7. The molecule has 0 fully saturated rings. The third-order valence-corrected chi connectivity index (χ3v) is 4.42. The smallest absolute Gasteiger partial charge is 0.401 e. The molecule has 27 heavy (non-hydrogen) atoms. The number of alkyl halides is 3. The molecule has 0 heterocycles. The highest BCUT2D eigenvalue weighted by atomic mass is 19.4. The molecule has 0 aromatic rings. The summed E-state index contributed by atoms with van der Waals surface area (Å²) in [6.45, 7) is 4.29. The molecular weight excluding hydrogens is 357 g/mol. The molecule has 0 aliphatic heterocycles. The Bertz CT molecular complexity index is 704. The van der Waals surface area contributed by atoms with E-state index >= 15 is 0 Å². The molecule has 2 rings (SSSR count). The van der Waals surface area contributed by atoms with Crippen molar-refractivity contribution in [3.8, 4) is 0 Å². The van der Waals surface area contributed by atoms with Crippen molar-refractivity contribution in [3.05, 3.63) is 71.9 Å². The van der Waals surface area contributed by atoms with Crippen molar-refractivity contribution < 1.29 is 18.3 Å². The highest BCUT2D eigenvalue weighted by Gasteiger charge is 2.32. The molecule has 0 spiro atoms. The second kappa shape index (κ2) is 8.85. The zero-order valence-corrected chi connectivity index (χ0v) is 14.8. The van der Waals surface area contributed by atoms with Crippen molar-refractivity contribution >= 4 is 0 Å². The number of aliphatic hydroxyl groups is 1. The maximum absolute atomic E-state index is 12.6. The number of allylic oxidation sites excluding steroid dienone is 6. The Balaban J connectivity index is 1.78. The van der Waals surface area contributed by atoms with E-state index in [1.54, 1.807) is 6.08 Å². The van der Waals surface area contributed by atoms with Crippen LogP contribution in [0.2, 0.25) is 0 Å². The lowest BCUT2D eigenvalue weighted by molar-refractivity contribution is -0.0887. The zero-order valence-electron chi connectivity index (χ0n) is 14.8. The van der Waals surface area contributed by atoms with Crippen LogP contribution in [0.25, 0.3) is 0 Å². The molecule has 0 aromatic heterocycles. The van der Waals surface area contributed by atoms with Gasteiger partial charge in [0.1, 0.15) is 0 Å². The van der Waals surface area contributed by atoms with Gasteiger partial charge < -0.3 is 27.2 Å². The van der Waals surface area contributed by atoms with Crippen LogP contribution < -0.4 is 22.1 Å². The molecule has 0 bridgehead atoms. The minimum atomic E-state index is -4.32. The number of aliphatic hydroxyl groups excluding tert-OH is 1. The van der Waals surface area contributed by atoms with Crippen molar-refractivity contribution in [2.45, 2.75) is 25.2 Å². The molecule has 7 N–H and O–H groups in total. The van der Waals surface area contributed by atoms with Crippen LogP contribution in [0.15, 0.2) is 71.9 Å². The molecule has 0 saturated heterocycles. The second-order valence-electron chi connectivity index (χ2n) is 6.52. The number of nitrogens with two attached hydrogens (primary N) is 2. The summed E-state index contributed by atoms with van der Waals surface area (Å²) < 4.78 is 37.7. The first kappa shape index (κ1) is 20.7. The van der Waals surface area contributed by atoms with Gasteiger partial charge in [-0.1, -0.05) is 37.0 Å². The van der Waals surface area contributed by atoms with Gasteiger partial charge in [0.05, 0.1) is 11.3 Å². The normalized spacial score (nSPS) is 24.1. The number of rotatable bonds is 7. The first-order valence-electron chi connectivity index (χ1n) is 8.58. The van der Waals surface area contributed by atoms with Crippen molar-refractivity contribution in [2.75, 3.05) is 6.54 Å². The van der Waals surface area contributed by atoms with Crippen LogP contribution in [0, 0.1) is 11.8 Å². The molecule has 0 amide bonds. The molecule has 2 aliphatic carbocycles. The van der Waals surface area contributed by atoms with E-state index in [0.717, 1.165) is 6.08 Å². The third-order valence-electron chi connectivity index (χ3n) is 4.42. The minimum absolute atomic E-state index is 0.0841. The SMILES string of the molecule is C=C(NC(O)/C(N)=C\NCC1C=CC(C(F)(F)F)=CC1)C1CC=CC=C1N. The largest absolute Gasteiger partial charge is 0.416 e. The van der Waals surface area contributed by atoms with Crippen molar-refractivity contribution in [1.82, 2.24) is 10.6 Å². The monoisotopic (exact) mass is 382 g/mol. The molecule has 0 aromatic carbocycles. The fraction of sp³-hybridized carbons (Fsp3) is 0.368. The van der Waals surface area contributed by atoms with Gasteiger partial charge in [-0.15, -0.1) is 0 Å². The number of nitrogens with one attached hydrogen (secondary N) is 2. The van der Waals surface area contributed by atoms with Crippen LogP contribution in [0.4, 0.5) is 13.2 Å². The van der Waals surface area contributed by atoms with Gasteiger partial charge >= 0.3 is 6.18 Å². The van der Waals surface area contributed by atoms with Crippen LogP contribution in [0.3, 0.4) is 0 Å². The predicted octanol–water partition coefficient (Wildman–Crippen LogP) is 2.28. The number of hydrogen-bond acceptors (Lipinski definition) is 5. The summed E-state index contributed by atoms with van der Waals surface area (Å²) in [5, 5.41) is 15.9. The highest BCUT2D eigenvalue weighted by molar-refractivity contribution is 5.28. The number of halogens is 3. The summed E-state index contributed by atoms with van der Waals surface area (Å²) in [5.74, 6) is -0.202. The lowest BCUT2D eigenvalue weighted by Gasteiger charge is -2.25. The van der Waals surface area contributed by atoms with E-state index in [4.69, 9.17) is 11.5 Å². The van der Waals surface area contributed by atoms with Crippen molar-refractivity contribution in [2.24, 2.45) is 23.3 Å². The van der Waals surface area contributed by atoms with Gasteiger partial charge in [-0.2, -0.15) is 13.2 Å². The van der Waals surface area contributed by atoms with Crippen molar-refractivity contribution in [3.63, 3.8) is 0 Å². The van der Waals surface area contributed by atoms with Crippen LogP contribution in [0.5, 0.6) is 0 Å². The van der Waals surface area contributed by atoms with Crippen LogP contribution >= 0.6 is 0 Å². The molecule has 0 radical (unpaired) electrons. The highest BCUT2D eigenvalue weighted by Crippen LogP contribution is 2.30. The maximum Gasteiger partial charge on any atom is 0.416 e. The molecule has 2 aliphatic rings. The average Bonchev–Trinajstić information content (AvgIpc) is 2.61. The molecule has 0 saturated carbocycles. The first-order valence-corrected chi connectivity index (χ1v) is 8.58. The topological polar surface area (TPSA) is 96.3 Å². The van der Waals surface area contributed by atoms with E-state index < -0.39 is 18.0 Å². The van der Waals surface area contributed by atoms with E-state index in [0.29, 0.717) is 24.4 Å². The van der Waals surface area contributed by atoms with E-state index in [2.05, 4.69) is 17.2 Å². The molecule has 3 unspecified atom stereocenters. The van der Waals surface area contributed by atoms with Gasteiger partial charge in [0.15, 0.2) is 6.23 Å². The Morgan fingerprint density at radius 1 is 1.41 bits per heavy atom. The van der Waals surface area contributed by atoms with E-state index in [-0.39, 0.29) is 24.0 Å². The summed E-state index contributed by atoms with van der Waals surface area (Å²) in [6, 6.07) is 0. The summed E-state index contributed by atoms with van der Waals surface area (Å²) in [6.07, 6.45) is 6.31. The van der Waals surface area contributed by atoms with Crippen LogP contribution in [-0.4, -0.2) is 24.1 Å². The van der Waals surface area contributed by atoms with Gasteiger partial charge in [-0.3, -0.25) is 0 Å². The molecule has 148 valence electrons. The van der Waals surface area contributed by atoms with Crippen LogP contribution in [0.1, 0.15) is 12.8 Å². The fourth-order valence-corrected chi connectivity index (χ4v) is 2.78. The molecule has 3 atom stereocenters. The molecule has 5 nitrogen and oxygen atoms in total. The molecular formula is C19H25F3N4O. The Morgan fingerprint density at radius 2 is 2.15 bits per heavy atom. The summed E-state index contributed by atoms with van der Waals surface area (Å²) in [7, 11) is 0. The van der Waals surface area contributed by atoms with E-state index in [1.165, 1.54) is 18.4 Å². The summed E-state index contributed by atoms with van der Waals surface area (Å²) >= 11 is 0. The lowest BCUT2D eigenvalue weighted by Crippen LogP contribution is -2.37. The van der Waals surface area contributed by atoms with Gasteiger partial charge in [0, 0.05) is 30.1 Å².